The van der Waals surface area contributed by atoms with Gasteiger partial charge in [-0.15, -0.1) is 0 Å². The molecule has 1 unspecified atom stereocenters. The highest BCUT2D eigenvalue weighted by atomic mass is 19.1. The lowest BCUT2D eigenvalue weighted by Crippen LogP contribution is -2.54. The SMILES string of the molecule is O=C(NC(C(=O)N1CCCC1)C1CCN(C(=O)c2ccccc2F)CC1)c1ccc2c(c1)OCO2. The van der Waals surface area contributed by atoms with Gasteiger partial charge in [0.05, 0.1) is 5.56 Å². The molecule has 2 saturated heterocycles. The molecule has 3 heterocycles. The molecule has 1 atom stereocenters. The fourth-order valence-corrected chi connectivity index (χ4v) is 5.02. The lowest BCUT2D eigenvalue weighted by molar-refractivity contribution is -0.134. The number of nitrogens with one attached hydrogen (secondary N) is 1. The summed E-state index contributed by atoms with van der Waals surface area (Å²) in [4.78, 5) is 42.8. The summed E-state index contributed by atoms with van der Waals surface area (Å²) in [5.41, 5.74) is 0.437. The Labute approximate surface area is 203 Å². The highest BCUT2D eigenvalue weighted by Crippen LogP contribution is 2.33. The molecule has 184 valence electrons. The van der Waals surface area contributed by atoms with Gasteiger partial charge in [-0.3, -0.25) is 14.4 Å². The Hall–Kier alpha value is -3.62. The number of carbonyl (C=O) groups excluding carboxylic acids is 3. The molecule has 2 fully saturated rings. The zero-order valence-corrected chi connectivity index (χ0v) is 19.4. The van der Waals surface area contributed by atoms with Crippen LogP contribution in [0.25, 0.3) is 0 Å². The van der Waals surface area contributed by atoms with Gasteiger partial charge in [-0.2, -0.15) is 0 Å². The van der Waals surface area contributed by atoms with Crippen molar-refractivity contribution >= 4 is 17.7 Å². The first kappa shape index (κ1) is 23.1. The second-order valence-electron chi connectivity index (χ2n) is 9.16. The Kier molecular flexibility index (Phi) is 6.57. The number of amides is 3. The van der Waals surface area contributed by atoms with Gasteiger partial charge in [-0.1, -0.05) is 12.1 Å². The molecule has 3 amide bonds. The molecule has 0 radical (unpaired) electrons. The molecular formula is C26H28FN3O5. The number of nitrogens with zero attached hydrogens (tertiary/aromatic N) is 2. The number of likely N-dealkylation sites (tertiary alicyclic amines) is 2. The first-order valence-corrected chi connectivity index (χ1v) is 12.0. The maximum atomic E-state index is 14.1. The molecule has 0 aromatic heterocycles. The molecule has 5 rings (SSSR count). The van der Waals surface area contributed by atoms with Gasteiger partial charge in [0.15, 0.2) is 11.5 Å². The zero-order chi connectivity index (χ0) is 24.4. The third kappa shape index (κ3) is 4.80. The van der Waals surface area contributed by atoms with E-state index in [-0.39, 0.29) is 36.0 Å². The maximum absolute atomic E-state index is 14.1. The van der Waals surface area contributed by atoms with Crippen LogP contribution in [0, 0.1) is 11.7 Å². The van der Waals surface area contributed by atoms with Gasteiger partial charge in [0.1, 0.15) is 11.9 Å². The minimum atomic E-state index is -0.697. The van der Waals surface area contributed by atoms with Crippen molar-refractivity contribution in [3.63, 3.8) is 0 Å². The molecule has 3 aliphatic rings. The van der Waals surface area contributed by atoms with Crippen molar-refractivity contribution in [1.29, 1.82) is 0 Å². The van der Waals surface area contributed by atoms with E-state index < -0.39 is 11.9 Å². The number of carbonyl (C=O) groups is 3. The summed E-state index contributed by atoms with van der Waals surface area (Å²) >= 11 is 0. The van der Waals surface area contributed by atoms with Crippen LogP contribution in [0.1, 0.15) is 46.4 Å². The van der Waals surface area contributed by atoms with Crippen molar-refractivity contribution in [2.75, 3.05) is 33.0 Å². The number of hydrogen-bond acceptors (Lipinski definition) is 5. The molecular weight excluding hydrogens is 453 g/mol. The molecule has 0 aliphatic carbocycles. The third-order valence-electron chi connectivity index (χ3n) is 7.01. The van der Waals surface area contributed by atoms with Crippen LogP contribution in [0.5, 0.6) is 11.5 Å². The van der Waals surface area contributed by atoms with E-state index in [2.05, 4.69) is 5.32 Å². The molecule has 0 saturated carbocycles. The fraction of sp³-hybridized carbons (Fsp3) is 0.423. The van der Waals surface area contributed by atoms with E-state index in [1.807, 2.05) is 4.90 Å². The molecule has 35 heavy (non-hydrogen) atoms. The van der Waals surface area contributed by atoms with E-state index in [0.717, 1.165) is 12.8 Å². The number of hydrogen-bond donors (Lipinski definition) is 1. The Morgan fingerprint density at radius 1 is 0.914 bits per heavy atom. The van der Waals surface area contributed by atoms with Gasteiger partial charge in [-0.05, 0) is 61.9 Å². The summed E-state index contributed by atoms with van der Waals surface area (Å²) in [5.74, 6) is -0.392. The Bertz CT molecular complexity index is 1130. The molecule has 8 nitrogen and oxygen atoms in total. The molecule has 2 aromatic carbocycles. The Balaban J connectivity index is 1.29. The molecule has 0 bridgehead atoms. The number of halogens is 1. The summed E-state index contributed by atoms with van der Waals surface area (Å²) in [6.07, 6.45) is 2.96. The van der Waals surface area contributed by atoms with E-state index in [1.54, 1.807) is 35.2 Å². The average Bonchev–Trinajstić information content (AvgIpc) is 3.59. The van der Waals surface area contributed by atoms with E-state index in [0.29, 0.717) is 56.1 Å². The van der Waals surface area contributed by atoms with E-state index in [4.69, 9.17) is 9.47 Å². The van der Waals surface area contributed by atoms with Gasteiger partial charge in [0, 0.05) is 31.7 Å². The lowest BCUT2D eigenvalue weighted by atomic mass is 9.88. The molecule has 9 heteroatoms. The number of benzene rings is 2. The second-order valence-corrected chi connectivity index (χ2v) is 9.16. The van der Waals surface area contributed by atoms with Crippen LogP contribution in [-0.2, 0) is 4.79 Å². The van der Waals surface area contributed by atoms with Crippen molar-refractivity contribution < 1.29 is 28.2 Å². The number of ether oxygens (including phenoxy) is 2. The zero-order valence-electron chi connectivity index (χ0n) is 19.4. The standard InChI is InChI=1S/C26H28FN3O5/c27-20-6-2-1-5-19(20)25(32)30-13-9-17(10-14-30)23(26(33)29-11-3-4-12-29)28-24(31)18-7-8-21-22(15-18)35-16-34-21/h1-2,5-8,15,17,23H,3-4,9-14,16H2,(H,28,31). The van der Waals surface area contributed by atoms with Crippen molar-refractivity contribution in [2.45, 2.75) is 31.7 Å². The highest BCUT2D eigenvalue weighted by molar-refractivity contribution is 5.98. The van der Waals surface area contributed by atoms with Crippen LogP contribution in [0.2, 0.25) is 0 Å². The van der Waals surface area contributed by atoms with Crippen molar-refractivity contribution in [3.8, 4) is 11.5 Å². The summed E-state index contributed by atoms with van der Waals surface area (Å²) in [6, 6.07) is 10.2. The predicted molar refractivity (Wildman–Crippen MR) is 125 cm³/mol. The fourth-order valence-electron chi connectivity index (χ4n) is 5.02. The second kappa shape index (κ2) is 9.93. The first-order chi connectivity index (χ1) is 17.0. The normalized spacial score (nSPS) is 18.4. The Morgan fingerprint density at radius 3 is 2.37 bits per heavy atom. The molecule has 2 aromatic rings. The summed E-state index contributed by atoms with van der Waals surface area (Å²) < 4.78 is 24.8. The van der Waals surface area contributed by atoms with Crippen LogP contribution >= 0.6 is 0 Å². The average molecular weight is 482 g/mol. The van der Waals surface area contributed by atoms with Crippen molar-refractivity contribution in [1.82, 2.24) is 15.1 Å². The predicted octanol–water partition coefficient (Wildman–Crippen LogP) is 2.83. The van der Waals surface area contributed by atoms with Gasteiger partial charge in [0.2, 0.25) is 12.7 Å². The number of rotatable bonds is 5. The summed E-state index contributed by atoms with van der Waals surface area (Å²) in [7, 11) is 0. The Morgan fingerprint density at radius 2 is 1.63 bits per heavy atom. The van der Waals surface area contributed by atoms with Gasteiger partial charge < -0.3 is 24.6 Å². The van der Waals surface area contributed by atoms with Crippen molar-refractivity contribution in [2.24, 2.45) is 5.92 Å². The lowest BCUT2D eigenvalue weighted by Gasteiger charge is -2.37. The largest absolute Gasteiger partial charge is 0.454 e. The van der Waals surface area contributed by atoms with Crippen LogP contribution in [-0.4, -0.2) is 66.5 Å². The van der Waals surface area contributed by atoms with Crippen molar-refractivity contribution in [3.05, 3.63) is 59.4 Å². The van der Waals surface area contributed by atoms with Crippen LogP contribution in [0.4, 0.5) is 4.39 Å². The number of piperidine rings is 1. The topological polar surface area (TPSA) is 88.2 Å². The van der Waals surface area contributed by atoms with Gasteiger partial charge in [-0.25, -0.2) is 4.39 Å². The van der Waals surface area contributed by atoms with Crippen LogP contribution in [0.15, 0.2) is 42.5 Å². The van der Waals surface area contributed by atoms with Gasteiger partial charge >= 0.3 is 0 Å². The first-order valence-electron chi connectivity index (χ1n) is 12.0. The van der Waals surface area contributed by atoms with E-state index >= 15 is 0 Å². The van der Waals surface area contributed by atoms with Gasteiger partial charge in [0.25, 0.3) is 11.8 Å². The smallest absolute Gasteiger partial charge is 0.256 e. The minimum Gasteiger partial charge on any atom is -0.454 e. The third-order valence-corrected chi connectivity index (χ3v) is 7.01. The monoisotopic (exact) mass is 481 g/mol. The van der Waals surface area contributed by atoms with Crippen LogP contribution in [0.3, 0.4) is 0 Å². The maximum Gasteiger partial charge on any atom is 0.256 e. The van der Waals surface area contributed by atoms with Crippen LogP contribution < -0.4 is 14.8 Å². The minimum absolute atomic E-state index is 0.0479. The molecule has 0 spiro atoms. The quantitative estimate of drug-likeness (QED) is 0.710. The summed E-state index contributed by atoms with van der Waals surface area (Å²) in [6.45, 7) is 2.25. The molecule has 3 aliphatic heterocycles. The van der Waals surface area contributed by atoms with E-state index in [9.17, 15) is 18.8 Å². The number of fused-ring (bicyclic) bond motifs is 1. The highest BCUT2D eigenvalue weighted by Gasteiger charge is 2.37. The van der Waals surface area contributed by atoms with E-state index in [1.165, 1.54) is 12.1 Å². The molecule has 1 N–H and O–H groups in total. The summed E-state index contributed by atoms with van der Waals surface area (Å²) in [5, 5.41) is 2.97.